The van der Waals surface area contributed by atoms with E-state index in [2.05, 4.69) is 25.1 Å². The Kier molecular flexibility index (Phi) is 7.65. The maximum absolute atomic E-state index is 12.3. The van der Waals surface area contributed by atoms with E-state index in [9.17, 15) is 9.59 Å². The van der Waals surface area contributed by atoms with Crippen LogP contribution in [0.2, 0.25) is 0 Å². The van der Waals surface area contributed by atoms with Crippen molar-refractivity contribution in [2.45, 2.75) is 19.6 Å². The second-order valence-electron chi connectivity index (χ2n) is 7.85. The van der Waals surface area contributed by atoms with Gasteiger partial charge < -0.3 is 9.64 Å². The highest BCUT2D eigenvalue weighted by Gasteiger charge is 2.17. The molecule has 172 valence electrons. The summed E-state index contributed by atoms with van der Waals surface area (Å²) in [5.41, 5.74) is 0.491. The molecule has 1 fully saturated rings. The summed E-state index contributed by atoms with van der Waals surface area (Å²) in [6, 6.07) is 17.0. The van der Waals surface area contributed by atoms with Crippen LogP contribution in [-0.4, -0.2) is 58.3 Å². The van der Waals surface area contributed by atoms with Crippen molar-refractivity contribution in [2.24, 2.45) is 0 Å². The third-order valence-electron chi connectivity index (χ3n) is 5.54. The Balaban J connectivity index is 1.18. The van der Waals surface area contributed by atoms with E-state index in [1.807, 2.05) is 54.7 Å². The molecule has 1 amide bonds. The molecule has 9 heteroatoms. The highest BCUT2D eigenvalue weighted by atomic mass is 16.5. The van der Waals surface area contributed by atoms with Crippen LogP contribution in [0.5, 0.6) is 0 Å². The van der Waals surface area contributed by atoms with E-state index in [0.29, 0.717) is 6.54 Å². The average molecular weight is 449 g/mol. The fraction of sp³-hybridized carbons (Fsp3) is 0.333. The summed E-state index contributed by atoms with van der Waals surface area (Å²) in [6.45, 7) is 5.47. The lowest BCUT2D eigenvalue weighted by Crippen LogP contribution is -2.47. The minimum Gasteiger partial charge on any atom is -0.444 e. The van der Waals surface area contributed by atoms with Crippen LogP contribution in [0.3, 0.4) is 0 Å². The van der Waals surface area contributed by atoms with Gasteiger partial charge in [0, 0.05) is 45.1 Å². The molecule has 33 heavy (non-hydrogen) atoms. The molecular weight excluding hydrogens is 420 g/mol. The lowest BCUT2D eigenvalue weighted by molar-refractivity contribution is 0.155. The summed E-state index contributed by atoms with van der Waals surface area (Å²) in [6.07, 6.45) is 3.67. The first-order chi connectivity index (χ1) is 16.2. The van der Waals surface area contributed by atoms with Crippen molar-refractivity contribution in [3.8, 4) is 0 Å². The molecule has 0 bridgehead atoms. The van der Waals surface area contributed by atoms with Crippen LogP contribution >= 0.6 is 0 Å². The molecule has 0 unspecified atom stereocenters. The van der Waals surface area contributed by atoms with Crippen LogP contribution < -0.4 is 15.9 Å². The van der Waals surface area contributed by atoms with Gasteiger partial charge in [0.2, 0.25) is 0 Å². The zero-order valence-electron chi connectivity index (χ0n) is 18.5. The lowest BCUT2D eigenvalue weighted by atomic mass is 10.2. The van der Waals surface area contributed by atoms with E-state index in [-0.39, 0.29) is 12.4 Å². The van der Waals surface area contributed by atoms with Crippen LogP contribution in [0.15, 0.2) is 71.8 Å². The Labute approximate surface area is 192 Å². The van der Waals surface area contributed by atoms with E-state index in [1.165, 1.54) is 0 Å². The number of ether oxygens (including phenoxy) is 1. The van der Waals surface area contributed by atoms with Crippen molar-refractivity contribution < 1.29 is 9.53 Å². The Morgan fingerprint density at radius 1 is 0.970 bits per heavy atom. The first-order valence-corrected chi connectivity index (χ1v) is 11.1. The Bertz CT molecular complexity index is 1080. The third-order valence-corrected chi connectivity index (χ3v) is 5.54. The lowest BCUT2D eigenvalue weighted by Gasteiger charge is -2.35. The number of benzene rings is 1. The molecule has 1 aliphatic heterocycles. The number of piperazine rings is 1. The van der Waals surface area contributed by atoms with Gasteiger partial charge in [-0.1, -0.05) is 36.4 Å². The van der Waals surface area contributed by atoms with E-state index in [0.717, 1.165) is 50.5 Å². The van der Waals surface area contributed by atoms with E-state index in [4.69, 9.17) is 4.74 Å². The van der Waals surface area contributed by atoms with Crippen molar-refractivity contribution in [3.05, 3.63) is 83.0 Å². The zero-order valence-corrected chi connectivity index (χ0v) is 18.5. The fourth-order valence-corrected chi connectivity index (χ4v) is 3.74. The first kappa shape index (κ1) is 22.5. The van der Waals surface area contributed by atoms with Crippen LogP contribution in [0.25, 0.3) is 0 Å². The van der Waals surface area contributed by atoms with Gasteiger partial charge in [0.05, 0.1) is 0 Å². The number of hydrogen-bond donors (Lipinski definition) is 1. The zero-order chi connectivity index (χ0) is 22.9. The number of nitrogens with one attached hydrogen (secondary N) is 1. The molecular formula is C24H28N6O3. The SMILES string of the molecule is O=C(Nc1ccn(CCCN2CCN(c3ccccn3)CC2)c(=O)n1)OCc1ccccc1. The van der Waals surface area contributed by atoms with Gasteiger partial charge in [-0.05, 0) is 36.7 Å². The van der Waals surface area contributed by atoms with Crippen molar-refractivity contribution in [1.82, 2.24) is 19.4 Å². The van der Waals surface area contributed by atoms with Crippen molar-refractivity contribution in [1.29, 1.82) is 0 Å². The van der Waals surface area contributed by atoms with E-state index < -0.39 is 11.8 Å². The molecule has 3 aromatic rings. The van der Waals surface area contributed by atoms with Crippen LogP contribution in [0.1, 0.15) is 12.0 Å². The summed E-state index contributed by atoms with van der Waals surface area (Å²) in [5, 5.41) is 2.50. The second kappa shape index (κ2) is 11.2. The number of aromatic nitrogens is 3. The van der Waals surface area contributed by atoms with Crippen LogP contribution in [0, 0.1) is 0 Å². The highest BCUT2D eigenvalue weighted by Crippen LogP contribution is 2.12. The molecule has 0 radical (unpaired) electrons. The molecule has 0 atom stereocenters. The summed E-state index contributed by atoms with van der Waals surface area (Å²) in [5.74, 6) is 1.20. The third kappa shape index (κ3) is 6.63. The standard InChI is InChI=1S/C24H28N6O3/c31-23-26-21(27-24(32)33-19-20-7-2-1-3-8-20)10-14-30(23)13-6-12-28-15-17-29(18-16-28)22-9-4-5-11-25-22/h1-5,7-11,14H,6,12-13,15-19H2,(H,26,27,31,32). The van der Waals surface area contributed by atoms with Crippen LogP contribution in [0.4, 0.5) is 16.4 Å². The monoisotopic (exact) mass is 448 g/mol. The predicted molar refractivity (Wildman–Crippen MR) is 126 cm³/mol. The minimum absolute atomic E-state index is 0.153. The minimum atomic E-state index is -0.645. The van der Waals surface area contributed by atoms with Gasteiger partial charge in [0.25, 0.3) is 0 Å². The molecule has 0 saturated carbocycles. The normalized spacial score (nSPS) is 14.1. The second-order valence-corrected chi connectivity index (χ2v) is 7.85. The highest BCUT2D eigenvalue weighted by molar-refractivity contribution is 5.83. The molecule has 0 aliphatic carbocycles. The topological polar surface area (TPSA) is 92.6 Å². The Hall–Kier alpha value is -3.72. The molecule has 1 aromatic carbocycles. The van der Waals surface area contributed by atoms with Gasteiger partial charge in [0.1, 0.15) is 18.2 Å². The number of carbonyl (C=O) groups excluding carboxylic acids is 1. The molecule has 2 aromatic heterocycles. The molecule has 1 aliphatic rings. The van der Waals surface area contributed by atoms with Gasteiger partial charge >= 0.3 is 11.8 Å². The van der Waals surface area contributed by atoms with Crippen molar-refractivity contribution in [3.63, 3.8) is 0 Å². The fourth-order valence-electron chi connectivity index (χ4n) is 3.74. The summed E-state index contributed by atoms with van der Waals surface area (Å²) in [4.78, 5) is 37.3. The summed E-state index contributed by atoms with van der Waals surface area (Å²) in [7, 11) is 0. The van der Waals surface area contributed by atoms with Gasteiger partial charge in [0.15, 0.2) is 0 Å². The van der Waals surface area contributed by atoms with Crippen molar-refractivity contribution in [2.75, 3.05) is 42.9 Å². The molecule has 0 spiro atoms. The smallest absolute Gasteiger partial charge is 0.413 e. The maximum atomic E-state index is 12.3. The largest absolute Gasteiger partial charge is 0.444 e. The van der Waals surface area contributed by atoms with E-state index >= 15 is 0 Å². The number of nitrogens with zero attached hydrogens (tertiary/aromatic N) is 5. The summed E-state index contributed by atoms with van der Waals surface area (Å²) < 4.78 is 6.72. The van der Waals surface area contributed by atoms with Crippen LogP contribution in [-0.2, 0) is 17.9 Å². The number of amides is 1. The Morgan fingerprint density at radius 2 is 1.76 bits per heavy atom. The van der Waals surface area contributed by atoms with Gasteiger partial charge in [-0.2, -0.15) is 4.98 Å². The van der Waals surface area contributed by atoms with Gasteiger partial charge in [-0.3, -0.25) is 14.8 Å². The number of aryl methyl sites for hydroxylation is 1. The van der Waals surface area contributed by atoms with Gasteiger partial charge in [-0.25, -0.2) is 14.6 Å². The number of anilines is 2. The molecule has 4 rings (SSSR count). The number of rotatable bonds is 8. The quantitative estimate of drug-likeness (QED) is 0.566. The average Bonchev–Trinajstić information content (AvgIpc) is 2.86. The number of pyridine rings is 1. The Morgan fingerprint density at radius 3 is 2.48 bits per heavy atom. The predicted octanol–water partition coefficient (Wildman–Crippen LogP) is 2.60. The molecule has 1 saturated heterocycles. The number of hydrogen-bond acceptors (Lipinski definition) is 7. The molecule has 1 N–H and O–H groups in total. The van der Waals surface area contributed by atoms with E-state index in [1.54, 1.807) is 16.8 Å². The number of carbonyl (C=O) groups is 1. The summed E-state index contributed by atoms with van der Waals surface area (Å²) >= 11 is 0. The molecule has 9 nitrogen and oxygen atoms in total. The first-order valence-electron chi connectivity index (χ1n) is 11.1. The van der Waals surface area contributed by atoms with Gasteiger partial charge in [-0.15, -0.1) is 0 Å². The molecule has 3 heterocycles. The van der Waals surface area contributed by atoms with Crippen molar-refractivity contribution >= 4 is 17.7 Å². The maximum Gasteiger partial charge on any atom is 0.413 e.